The summed E-state index contributed by atoms with van der Waals surface area (Å²) in [5, 5.41) is 0.489. The fraction of sp³-hybridized carbons (Fsp3) is 0.435. The van der Waals surface area contributed by atoms with E-state index in [1.54, 1.807) is 12.1 Å². The van der Waals surface area contributed by atoms with E-state index >= 15 is 0 Å². The van der Waals surface area contributed by atoms with E-state index in [2.05, 4.69) is 9.62 Å². The van der Waals surface area contributed by atoms with Gasteiger partial charge < -0.3 is 4.90 Å². The van der Waals surface area contributed by atoms with Crippen LogP contribution in [0.2, 0.25) is 10.0 Å². The zero-order valence-corrected chi connectivity index (χ0v) is 19.3. The van der Waals surface area contributed by atoms with E-state index < -0.39 is 10.0 Å². The van der Waals surface area contributed by atoms with Crippen LogP contribution in [0.4, 0.5) is 0 Å². The lowest BCUT2D eigenvalue weighted by Crippen LogP contribution is -2.59. The Morgan fingerprint density at radius 2 is 1.52 bits per heavy atom. The Labute approximate surface area is 192 Å². The number of hydrogen-bond donors (Lipinski definition) is 1. The van der Waals surface area contributed by atoms with Crippen LogP contribution in [0, 0.1) is 11.8 Å². The van der Waals surface area contributed by atoms with Crippen molar-refractivity contribution >= 4 is 39.1 Å². The molecule has 164 valence electrons. The predicted octanol–water partition coefficient (Wildman–Crippen LogP) is 4.88. The Balaban J connectivity index is 1.25. The van der Waals surface area contributed by atoms with Crippen LogP contribution in [0.25, 0.3) is 0 Å². The second-order valence-corrected chi connectivity index (χ2v) is 11.6. The average molecular weight is 479 g/mol. The molecule has 2 heterocycles. The highest BCUT2D eigenvalue weighted by Crippen LogP contribution is 2.49. The third-order valence-corrected chi connectivity index (χ3v) is 9.12. The van der Waals surface area contributed by atoms with Crippen molar-refractivity contribution in [2.75, 3.05) is 0 Å². The number of piperidine rings is 2. The lowest BCUT2D eigenvalue weighted by atomic mass is 9.63. The Morgan fingerprint density at radius 1 is 0.903 bits per heavy atom. The average Bonchev–Trinajstić information content (AvgIpc) is 2.73. The van der Waals surface area contributed by atoms with Crippen molar-refractivity contribution in [2.45, 2.75) is 55.6 Å². The monoisotopic (exact) mass is 478 g/mol. The molecule has 2 saturated heterocycles. The molecule has 0 radical (unpaired) electrons. The smallest absolute Gasteiger partial charge is 0.254 e. The molecule has 0 spiro atoms. The zero-order valence-electron chi connectivity index (χ0n) is 16.9. The first kappa shape index (κ1) is 21.3. The summed E-state index contributed by atoms with van der Waals surface area (Å²) in [6, 6.07) is 12.2. The fourth-order valence-electron chi connectivity index (χ4n) is 5.68. The molecule has 31 heavy (non-hydrogen) atoms. The van der Waals surface area contributed by atoms with Crippen LogP contribution in [0.3, 0.4) is 0 Å². The Hall–Kier alpha value is -1.60. The van der Waals surface area contributed by atoms with Gasteiger partial charge in [-0.25, -0.2) is 13.1 Å². The van der Waals surface area contributed by atoms with E-state index in [0.29, 0.717) is 22.7 Å². The van der Waals surface area contributed by atoms with Crippen LogP contribution in [0.5, 0.6) is 0 Å². The number of halogens is 2. The lowest BCUT2D eigenvalue weighted by molar-refractivity contribution is -0.0415. The Bertz CT molecular complexity index is 1090. The summed E-state index contributed by atoms with van der Waals surface area (Å²) in [5.74, 6) is 1.71. The molecule has 0 atom stereocenters. The van der Waals surface area contributed by atoms with Gasteiger partial charge in [0.1, 0.15) is 0 Å². The number of benzene rings is 2. The number of rotatable bonds is 5. The fourth-order valence-corrected chi connectivity index (χ4v) is 7.09. The van der Waals surface area contributed by atoms with Crippen LogP contribution >= 0.6 is 23.2 Å². The van der Waals surface area contributed by atoms with Crippen molar-refractivity contribution in [1.82, 2.24) is 9.62 Å². The summed E-state index contributed by atoms with van der Waals surface area (Å²) < 4.78 is 27.6. The molecular formula is C23H24Cl2N2O3S. The highest BCUT2D eigenvalue weighted by Gasteiger charge is 2.48. The normalized spacial score (nSPS) is 27.0. The van der Waals surface area contributed by atoms with Crippen molar-refractivity contribution in [3.63, 3.8) is 0 Å². The summed E-state index contributed by atoms with van der Waals surface area (Å²) >= 11 is 11.8. The summed E-state index contributed by atoms with van der Waals surface area (Å²) in [6.07, 6.45) is 5.93. The summed E-state index contributed by atoms with van der Waals surface area (Å²) in [6.45, 7) is 0.120. The van der Waals surface area contributed by atoms with E-state index in [9.17, 15) is 13.2 Å². The summed E-state index contributed by atoms with van der Waals surface area (Å²) in [4.78, 5) is 15.4. The molecule has 2 saturated carbocycles. The van der Waals surface area contributed by atoms with E-state index in [0.717, 1.165) is 43.1 Å². The first-order chi connectivity index (χ1) is 14.8. The van der Waals surface area contributed by atoms with E-state index in [-0.39, 0.29) is 22.4 Å². The van der Waals surface area contributed by atoms with Crippen LogP contribution in [-0.2, 0) is 16.6 Å². The summed E-state index contributed by atoms with van der Waals surface area (Å²) in [5.41, 5.74) is 1.45. The molecule has 0 unspecified atom stereocenters. The molecule has 5 nitrogen and oxygen atoms in total. The van der Waals surface area contributed by atoms with Gasteiger partial charge in [-0.05, 0) is 79.8 Å². The van der Waals surface area contributed by atoms with Crippen molar-refractivity contribution in [2.24, 2.45) is 11.8 Å². The Morgan fingerprint density at radius 3 is 2.10 bits per heavy atom. The first-order valence-corrected chi connectivity index (χ1v) is 12.9. The quantitative estimate of drug-likeness (QED) is 0.665. The molecule has 4 fully saturated rings. The minimum atomic E-state index is -3.72. The second kappa shape index (κ2) is 8.07. The number of nitrogens with zero attached hydrogens (tertiary/aromatic N) is 1. The van der Waals surface area contributed by atoms with Crippen LogP contribution < -0.4 is 4.72 Å². The highest BCUT2D eigenvalue weighted by molar-refractivity contribution is 7.89. The van der Waals surface area contributed by atoms with Gasteiger partial charge in [0.05, 0.1) is 14.9 Å². The maximum absolute atomic E-state index is 13.2. The Kier molecular flexibility index (Phi) is 5.53. The van der Waals surface area contributed by atoms with Gasteiger partial charge in [0.2, 0.25) is 10.0 Å². The number of sulfonamides is 1. The molecular weight excluding hydrogens is 455 g/mol. The molecule has 1 N–H and O–H groups in total. The van der Waals surface area contributed by atoms with Crippen LogP contribution in [0.1, 0.15) is 48.0 Å². The number of nitrogens with one attached hydrogen (secondary N) is 1. The number of hydrogen-bond acceptors (Lipinski definition) is 3. The van der Waals surface area contributed by atoms with E-state index in [1.165, 1.54) is 24.6 Å². The van der Waals surface area contributed by atoms with Crippen molar-refractivity contribution in [3.8, 4) is 0 Å². The van der Waals surface area contributed by atoms with Gasteiger partial charge in [-0.2, -0.15) is 0 Å². The topological polar surface area (TPSA) is 66.5 Å². The molecule has 8 heteroatoms. The molecule has 6 rings (SSSR count). The van der Waals surface area contributed by atoms with Crippen molar-refractivity contribution in [3.05, 3.63) is 63.6 Å². The van der Waals surface area contributed by atoms with Gasteiger partial charge >= 0.3 is 0 Å². The maximum atomic E-state index is 13.2. The van der Waals surface area contributed by atoms with Crippen LogP contribution in [-0.4, -0.2) is 31.3 Å². The SMILES string of the molecule is O=C(c1ccc(CNS(=O)(=O)c2ccc(Cl)c(Cl)c2)cc1)N1C2CC3CC(C2)CC1C3. The minimum Gasteiger partial charge on any atom is -0.333 e. The van der Waals surface area contributed by atoms with Crippen molar-refractivity contribution < 1.29 is 13.2 Å². The molecule has 4 bridgehead atoms. The third-order valence-electron chi connectivity index (χ3n) is 6.98. The largest absolute Gasteiger partial charge is 0.333 e. The predicted molar refractivity (Wildman–Crippen MR) is 121 cm³/mol. The first-order valence-electron chi connectivity index (χ1n) is 10.7. The van der Waals surface area contributed by atoms with Gasteiger partial charge in [-0.3, -0.25) is 4.79 Å². The zero-order chi connectivity index (χ0) is 21.8. The molecule has 4 aliphatic rings. The minimum absolute atomic E-state index is 0.0587. The molecule has 2 aromatic carbocycles. The number of carbonyl (C=O) groups is 1. The van der Waals surface area contributed by atoms with Gasteiger partial charge in [0, 0.05) is 24.2 Å². The molecule has 0 aromatic heterocycles. The van der Waals surface area contributed by atoms with Crippen LogP contribution in [0.15, 0.2) is 47.4 Å². The standard InChI is InChI=1S/C23H24Cl2N2O3S/c24-21-6-5-20(12-22(21)25)31(29,30)26-13-14-1-3-17(4-2-14)23(28)27-18-8-15-7-16(10-18)11-19(27)9-15/h1-6,12,15-16,18-19,26H,7-11,13H2. The number of amides is 1. The molecule has 2 aromatic rings. The van der Waals surface area contributed by atoms with Gasteiger partial charge in [-0.15, -0.1) is 0 Å². The highest BCUT2D eigenvalue weighted by atomic mass is 35.5. The molecule has 2 aliphatic heterocycles. The van der Waals surface area contributed by atoms with Gasteiger partial charge in [-0.1, -0.05) is 35.3 Å². The van der Waals surface area contributed by atoms with Gasteiger partial charge in [0.15, 0.2) is 0 Å². The molecule has 2 aliphatic carbocycles. The maximum Gasteiger partial charge on any atom is 0.254 e. The summed E-state index contributed by atoms with van der Waals surface area (Å²) in [7, 11) is -3.72. The van der Waals surface area contributed by atoms with Crippen molar-refractivity contribution in [1.29, 1.82) is 0 Å². The second-order valence-electron chi connectivity index (χ2n) is 9.03. The van der Waals surface area contributed by atoms with E-state index in [1.807, 2.05) is 12.1 Å². The van der Waals surface area contributed by atoms with E-state index in [4.69, 9.17) is 23.2 Å². The third kappa shape index (κ3) is 4.11. The van der Waals surface area contributed by atoms with Gasteiger partial charge in [0.25, 0.3) is 5.91 Å². The lowest BCUT2D eigenvalue weighted by Gasteiger charge is -2.56. The number of carbonyl (C=O) groups excluding carboxylic acids is 1. The molecule has 1 amide bonds.